The van der Waals surface area contributed by atoms with Crippen LogP contribution in [0.1, 0.15) is 29.8 Å². The van der Waals surface area contributed by atoms with Crippen LogP contribution in [-0.2, 0) is 0 Å². The van der Waals surface area contributed by atoms with Crippen LogP contribution in [0.15, 0.2) is 255 Å². The summed E-state index contributed by atoms with van der Waals surface area (Å²) in [4.78, 5) is 15.6. The standard InChI is InChI=1S/C61H42O.C2H6/c62-61(51-39-47(57-33-17-13-29-53(57)43-21-5-1-6-22-43)37-48(40-51)58-34-18-14-30-54(58)44-23-7-2-8-24-44)52-41-49(59-35-19-15-31-55(59)45-25-9-3-10-26-45)38-50(42-52)60-36-20-16-32-56(60)46-27-11-4-12-28-46;1-2/h1-42H;1-2H3. The Hall–Kier alpha value is -8.13. The number of benzene rings is 10. The van der Waals surface area contributed by atoms with Crippen LogP contribution in [0.25, 0.3) is 89.0 Å². The first-order chi connectivity index (χ1) is 31.7. The molecular weight excluding hydrogens is 773 g/mol. The van der Waals surface area contributed by atoms with Gasteiger partial charge in [0, 0.05) is 11.1 Å². The molecule has 10 aromatic rings. The Morgan fingerprint density at radius 3 is 0.594 bits per heavy atom. The molecule has 0 N–H and O–H groups in total. The smallest absolute Gasteiger partial charge is 0.193 e. The third-order valence-electron chi connectivity index (χ3n) is 11.7. The third-order valence-corrected chi connectivity index (χ3v) is 11.7. The summed E-state index contributed by atoms with van der Waals surface area (Å²) in [5, 5.41) is 0. The fraction of sp³-hybridized carbons (Fsp3) is 0.0317. The molecule has 0 aliphatic rings. The van der Waals surface area contributed by atoms with E-state index < -0.39 is 0 Å². The fourth-order valence-electron chi connectivity index (χ4n) is 8.72. The number of rotatable bonds is 10. The van der Waals surface area contributed by atoms with E-state index in [0.29, 0.717) is 11.1 Å². The average molecular weight is 821 g/mol. The Morgan fingerprint density at radius 2 is 0.391 bits per heavy atom. The molecule has 0 heterocycles. The van der Waals surface area contributed by atoms with E-state index >= 15 is 4.79 Å². The molecular formula is C63H48O. The van der Waals surface area contributed by atoms with Crippen molar-refractivity contribution < 1.29 is 4.79 Å². The molecule has 0 radical (unpaired) electrons. The SMILES string of the molecule is CC.O=C(c1cc(-c2ccccc2-c2ccccc2)cc(-c2ccccc2-c2ccccc2)c1)c1cc(-c2ccccc2-c2ccccc2)cc(-c2ccccc2-c2ccccc2)c1. The molecule has 0 fully saturated rings. The van der Waals surface area contributed by atoms with Gasteiger partial charge in [-0.3, -0.25) is 4.79 Å². The molecule has 0 bridgehead atoms. The Kier molecular flexibility index (Phi) is 12.4. The summed E-state index contributed by atoms with van der Waals surface area (Å²) in [5.74, 6) is -0.0417. The minimum Gasteiger partial charge on any atom is -0.289 e. The first-order valence-electron chi connectivity index (χ1n) is 22.1. The lowest BCUT2D eigenvalue weighted by molar-refractivity contribution is 0.103. The van der Waals surface area contributed by atoms with Crippen molar-refractivity contribution in [3.8, 4) is 89.0 Å². The van der Waals surface area contributed by atoms with E-state index in [0.717, 1.165) is 89.0 Å². The van der Waals surface area contributed by atoms with Gasteiger partial charge in [0.2, 0.25) is 0 Å². The molecule has 0 amide bonds. The Balaban J connectivity index is 0.00000256. The summed E-state index contributed by atoms with van der Waals surface area (Å²) < 4.78 is 0. The van der Waals surface area contributed by atoms with Crippen LogP contribution in [0.3, 0.4) is 0 Å². The highest BCUT2D eigenvalue weighted by molar-refractivity contribution is 6.12. The first-order valence-corrected chi connectivity index (χ1v) is 22.1. The van der Waals surface area contributed by atoms with Crippen molar-refractivity contribution in [3.63, 3.8) is 0 Å². The molecule has 0 spiro atoms. The lowest BCUT2D eigenvalue weighted by atomic mass is 9.85. The summed E-state index contributed by atoms with van der Waals surface area (Å²) in [5.41, 5.74) is 18.4. The van der Waals surface area contributed by atoms with Crippen LogP contribution >= 0.6 is 0 Å². The van der Waals surface area contributed by atoms with Gasteiger partial charge in [-0.15, -0.1) is 0 Å². The van der Waals surface area contributed by atoms with Crippen LogP contribution < -0.4 is 0 Å². The predicted molar refractivity (Wildman–Crippen MR) is 271 cm³/mol. The lowest BCUT2D eigenvalue weighted by Crippen LogP contribution is -2.04. The fourth-order valence-corrected chi connectivity index (χ4v) is 8.72. The van der Waals surface area contributed by atoms with Gasteiger partial charge in [-0.05, 0) is 125 Å². The van der Waals surface area contributed by atoms with Crippen molar-refractivity contribution in [2.24, 2.45) is 0 Å². The number of carbonyl (C=O) groups is 1. The van der Waals surface area contributed by atoms with Gasteiger partial charge in [0.25, 0.3) is 0 Å². The number of hydrogen-bond donors (Lipinski definition) is 0. The third kappa shape index (κ3) is 8.66. The molecule has 0 unspecified atom stereocenters. The Labute approximate surface area is 377 Å². The maximum atomic E-state index is 15.6. The van der Waals surface area contributed by atoms with E-state index in [-0.39, 0.29) is 5.78 Å². The highest BCUT2D eigenvalue weighted by atomic mass is 16.1. The molecule has 10 aromatic carbocycles. The second-order valence-electron chi connectivity index (χ2n) is 15.6. The molecule has 64 heavy (non-hydrogen) atoms. The first kappa shape index (κ1) is 41.2. The Morgan fingerprint density at radius 1 is 0.219 bits per heavy atom. The van der Waals surface area contributed by atoms with E-state index in [1.807, 2.05) is 38.1 Å². The van der Waals surface area contributed by atoms with Gasteiger partial charge in [0.05, 0.1) is 0 Å². The molecule has 1 heteroatoms. The summed E-state index contributed by atoms with van der Waals surface area (Å²) >= 11 is 0. The van der Waals surface area contributed by atoms with E-state index in [4.69, 9.17) is 0 Å². The van der Waals surface area contributed by atoms with E-state index in [2.05, 4.69) is 231 Å². The van der Waals surface area contributed by atoms with Crippen molar-refractivity contribution >= 4 is 5.78 Å². The van der Waals surface area contributed by atoms with Gasteiger partial charge in [0.15, 0.2) is 5.78 Å². The summed E-state index contributed by atoms with van der Waals surface area (Å²) in [6.45, 7) is 4.00. The second kappa shape index (κ2) is 19.3. The van der Waals surface area contributed by atoms with Gasteiger partial charge in [-0.1, -0.05) is 232 Å². The van der Waals surface area contributed by atoms with Crippen molar-refractivity contribution in [1.29, 1.82) is 0 Å². The molecule has 1 nitrogen and oxygen atoms in total. The van der Waals surface area contributed by atoms with Gasteiger partial charge in [-0.2, -0.15) is 0 Å². The molecule has 306 valence electrons. The normalized spacial score (nSPS) is 10.7. The number of hydrogen-bond acceptors (Lipinski definition) is 1. The van der Waals surface area contributed by atoms with Gasteiger partial charge in [-0.25, -0.2) is 0 Å². The quantitative estimate of drug-likeness (QED) is 0.126. The van der Waals surface area contributed by atoms with Crippen molar-refractivity contribution in [3.05, 3.63) is 266 Å². The zero-order valence-corrected chi connectivity index (χ0v) is 36.2. The number of ketones is 1. The molecule has 0 aliphatic heterocycles. The van der Waals surface area contributed by atoms with Crippen molar-refractivity contribution in [1.82, 2.24) is 0 Å². The second-order valence-corrected chi connectivity index (χ2v) is 15.6. The maximum Gasteiger partial charge on any atom is 0.193 e. The van der Waals surface area contributed by atoms with Crippen LogP contribution in [0, 0.1) is 0 Å². The summed E-state index contributed by atoms with van der Waals surface area (Å²) in [7, 11) is 0. The minimum absolute atomic E-state index is 0.0417. The zero-order chi connectivity index (χ0) is 43.7. The predicted octanol–water partition coefficient (Wildman–Crippen LogP) is 17.3. The highest BCUT2D eigenvalue weighted by Crippen LogP contribution is 2.41. The molecule has 0 saturated heterocycles. The molecule has 0 aliphatic carbocycles. The van der Waals surface area contributed by atoms with Gasteiger partial charge < -0.3 is 0 Å². The van der Waals surface area contributed by atoms with E-state index in [1.165, 1.54) is 0 Å². The topological polar surface area (TPSA) is 17.1 Å². The summed E-state index contributed by atoms with van der Waals surface area (Å²) in [6.07, 6.45) is 0. The maximum absolute atomic E-state index is 15.6. The van der Waals surface area contributed by atoms with Crippen LogP contribution in [-0.4, -0.2) is 5.78 Å². The van der Waals surface area contributed by atoms with Gasteiger partial charge >= 0.3 is 0 Å². The molecule has 10 rings (SSSR count). The van der Waals surface area contributed by atoms with E-state index in [9.17, 15) is 0 Å². The average Bonchev–Trinajstić information content (AvgIpc) is 3.39. The Bertz CT molecular complexity index is 2750. The van der Waals surface area contributed by atoms with Gasteiger partial charge in [0.1, 0.15) is 0 Å². The van der Waals surface area contributed by atoms with Crippen molar-refractivity contribution in [2.75, 3.05) is 0 Å². The monoisotopic (exact) mass is 820 g/mol. The van der Waals surface area contributed by atoms with Crippen LogP contribution in [0.2, 0.25) is 0 Å². The summed E-state index contributed by atoms with van der Waals surface area (Å²) in [6, 6.07) is 88.7. The zero-order valence-electron chi connectivity index (χ0n) is 36.2. The molecule has 0 atom stereocenters. The minimum atomic E-state index is -0.0417. The van der Waals surface area contributed by atoms with Crippen LogP contribution in [0.4, 0.5) is 0 Å². The highest BCUT2D eigenvalue weighted by Gasteiger charge is 2.20. The lowest BCUT2D eigenvalue weighted by Gasteiger charge is -2.18. The molecule has 0 aromatic heterocycles. The van der Waals surface area contributed by atoms with Crippen LogP contribution in [0.5, 0.6) is 0 Å². The number of carbonyl (C=O) groups excluding carboxylic acids is 1. The molecule has 0 saturated carbocycles. The van der Waals surface area contributed by atoms with Crippen molar-refractivity contribution in [2.45, 2.75) is 13.8 Å². The van der Waals surface area contributed by atoms with E-state index in [1.54, 1.807) is 0 Å². The largest absolute Gasteiger partial charge is 0.289 e.